The highest BCUT2D eigenvalue weighted by atomic mass is 16.3. The number of nitrogens with one attached hydrogen (secondary N) is 1. The lowest BCUT2D eigenvalue weighted by molar-refractivity contribution is 0.113. The van der Waals surface area contributed by atoms with Gasteiger partial charge >= 0.3 is 0 Å². The average Bonchev–Trinajstić information content (AvgIpc) is 2.20. The Morgan fingerprint density at radius 1 is 1.38 bits per heavy atom. The van der Waals surface area contributed by atoms with Crippen molar-refractivity contribution in [1.29, 1.82) is 5.26 Å². The minimum atomic E-state index is 0.00938. The molecule has 3 nitrogen and oxygen atoms in total. The van der Waals surface area contributed by atoms with Gasteiger partial charge in [0.15, 0.2) is 0 Å². The van der Waals surface area contributed by atoms with Gasteiger partial charge in [0.25, 0.3) is 0 Å². The van der Waals surface area contributed by atoms with Crippen molar-refractivity contribution in [3.63, 3.8) is 0 Å². The Bertz CT molecular complexity index is 151. The molecule has 0 aliphatic carbocycles. The predicted molar refractivity (Wildman–Crippen MR) is 53.2 cm³/mol. The second-order valence-electron chi connectivity index (χ2n) is 3.45. The standard InChI is InChI=1S/C10H20N2O/c1-3-10(4-2,9-13)8-12-7-5-6-11/h12-13H,3-5,7-9H2,1-2H3. The summed E-state index contributed by atoms with van der Waals surface area (Å²) in [7, 11) is 0. The Morgan fingerprint density at radius 2 is 2.00 bits per heavy atom. The molecule has 0 aromatic rings. The van der Waals surface area contributed by atoms with Crippen molar-refractivity contribution in [3.05, 3.63) is 0 Å². The van der Waals surface area contributed by atoms with E-state index in [0.29, 0.717) is 6.42 Å². The molecule has 2 N–H and O–H groups in total. The fraction of sp³-hybridized carbons (Fsp3) is 0.900. The molecule has 0 aliphatic heterocycles. The van der Waals surface area contributed by atoms with Crippen LogP contribution in [-0.4, -0.2) is 24.8 Å². The Balaban J connectivity index is 3.76. The first kappa shape index (κ1) is 12.4. The zero-order chi connectivity index (χ0) is 10.2. The number of aliphatic hydroxyl groups excluding tert-OH is 1. The summed E-state index contributed by atoms with van der Waals surface area (Å²) in [4.78, 5) is 0. The molecule has 0 saturated heterocycles. The topological polar surface area (TPSA) is 56.0 Å². The van der Waals surface area contributed by atoms with Gasteiger partial charge in [0.2, 0.25) is 0 Å². The third kappa shape index (κ3) is 4.25. The van der Waals surface area contributed by atoms with Crippen LogP contribution in [0.4, 0.5) is 0 Å². The molecule has 0 bridgehead atoms. The third-order valence-electron chi connectivity index (χ3n) is 2.75. The molecule has 3 heteroatoms. The fourth-order valence-corrected chi connectivity index (χ4v) is 1.28. The van der Waals surface area contributed by atoms with Crippen molar-refractivity contribution in [2.75, 3.05) is 19.7 Å². The quantitative estimate of drug-likeness (QED) is 0.586. The smallest absolute Gasteiger partial charge is 0.0635 e. The van der Waals surface area contributed by atoms with E-state index in [1.165, 1.54) is 0 Å². The summed E-state index contributed by atoms with van der Waals surface area (Å²) in [6, 6.07) is 2.08. The first-order valence-electron chi connectivity index (χ1n) is 4.93. The van der Waals surface area contributed by atoms with Crippen molar-refractivity contribution in [1.82, 2.24) is 5.32 Å². The van der Waals surface area contributed by atoms with E-state index in [9.17, 15) is 5.11 Å². The van der Waals surface area contributed by atoms with Crippen LogP contribution < -0.4 is 5.32 Å². The first-order chi connectivity index (χ1) is 6.24. The van der Waals surface area contributed by atoms with Crippen LogP contribution in [-0.2, 0) is 0 Å². The lowest BCUT2D eigenvalue weighted by Gasteiger charge is -2.29. The average molecular weight is 184 g/mol. The minimum absolute atomic E-state index is 0.00938. The maximum atomic E-state index is 9.23. The largest absolute Gasteiger partial charge is 0.396 e. The van der Waals surface area contributed by atoms with E-state index in [1.807, 2.05) is 0 Å². The summed E-state index contributed by atoms with van der Waals surface area (Å²) in [6.45, 7) is 5.92. The summed E-state index contributed by atoms with van der Waals surface area (Å²) in [6.07, 6.45) is 2.48. The van der Waals surface area contributed by atoms with Crippen LogP contribution >= 0.6 is 0 Å². The van der Waals surface area contributed by atoms with Gasteiger partial charge in [-0.25, -0.2) is 0 Å². The second-order valence-corrected chi connectivity index (χ2v) is 3.45. The molecule has 76 valence electrons. The molecule has 0 saturated carbocycles. The molecule has 0 spiro atoms. The minimum Gasteiger partial charge on any atom is -0.396 e. The van der Waals surface area contributed by atoms with Gasteiger partial charge in [0, 0.05) is 31.5 Å². The van der Waals surface area contributed by atoms with E-state index < -0.39 is 0 Å². The number of hydrogen-bond acceptors (Lipinski definition) is 3. The SMILES string of the molecule is CCC(CC)(CO)CNCCC#N. The Morgan fingerprint density at radius 3 is 2.38 bits per heavy atom. The summed E-state index contributed by atoms with van der Waals surface area (Å²) in [5, 5.41) is 20.8. The number of nitriles is 1. The molecule has 0 amide bonds. The summed E-state index contributed by atoms with van der Waals surface area (Å²) >= 11 is 0. The molecule has 0 aromatic carbocycles. The lowest BCUT2D eigenvalue weighted by atomic mass is 9.83. The van der Waals surface area contributed by atoms with Gasteiger partial charge in [0.1, 0.15) is 0 Å². The number of rotatable bonds is 7. The highest BCUT2D eigenvalue weighted by Gasteiger charge is 2.24. The maximum Gasteiger partial charge on any atom is 0.0635 e. The van der Waals surface area contributed by atoms with Gasteiger partial charge in [-0.3, -0.25) is 0 Å². The normalized spacial score (nSPS) is 11.2. The van der Waals surface area contributed by atoms with E-state index in [-0.39, 0.29) is 12.0 Å². The van der Waals surface area contributed by atoms with Gasteiger partial charge in [-0.05, 0) is 12.8 Å². The Hall–Kier alpha value is -0.590. The Kier molecular flexibility index (Phi) is 6.56. The van der Waals surface area contributed by atoms with Crippen molar-refractivity contribution >= 4 is 0 Å². The van der Waals surface area contributed by atoms with Gasteiger partial charge in [-0.15, -0.1) is 0 Å². The van der Waals surface area contributed by atoms with Gasteiger partial charge in [-0.1, -0.05) is 13.8 Å². The number of aliphatic hydroxyl groups is 1. The molecule has 0 atom stereocenters. The highest BCUT2D eigenvalue weighted by molar-refractivity contribution is 4.79. The molecule has 0 aromatic heterocycles. The van der Waals surface area contributed by atoms with E-state index in [2.05, 4.69) is 25.2 Å². The van der Waals surface area contributed by atoms with Crippen molar-refractivity contribution in [3.8, 4) is 6.07 Å². The van der Waals surface area contributed by atoms with Crippen LogP contribution in [0.5, 0.6) is 0 Å². The predicted octanol–water partition coefficient (Wildman–Crippen LogP) is 1.29. The van der Waals surface area contributed by atoms with Crippen LogP contribution in [0.25, 0.3) is 0 Å². The maximum absolute atomic E-state index is 9.23. The summed E-state index contributed by atoms with van der Waals surface area (Å²) in [5.74, 6) is 0. The fourth-order valence-electron chi connectivity index (χ4n) is 1.28. The van der Waals surface area contributed by atoms with Crippen LogP contribution in [0.15, 0.2) is 0 Å². The molecule has 0 fully saturated rings. The molecule has 0 rings (SSSR count). The zero-order valence-corrected chi connectivity index (χ0v) is 8.64. The monoisotopic (exact) mass is 184 g/mol. The lowest BCUT2D eigenvalue weighted by Crippen LogP contribution is -2.36. The number of hydrogen-bond donors (Lipinski definition) is 2. The van der Waals surface area contributed by atoms with E-state index >= 15 is 0 Å². The first-order valence-corrected chi connectivity index (χ1v) is 4.93. The second kappa shape index (κ2) is 6.88. The molecular weight excluding hydrogens is 164 g/mol. The van der Waals surface area contributed by atoms with Crippen molar-refractivity contribution < 1.29 is 5.11 Å². The number of nitrogens with zero attached hydrogens (tertiary/aromatic N) is 1. The molecule has 0 heterocycles. The Labute approximate surface area is 80.8 Å². The molecule has 0 unspecified atom stereocenters. The van der Waals surface area contributed by atoms with Crippen molar-refractivity contribution in [2.45, 2.75) is 33.1 Å². The van der Waals surface area contributed by atoms with E-state index in [4.69, 9.17) is 5.26 Å². The van der Waals surface area contributed by atoms with Crippen molar-refractivity contribution in [2.24, 2.45) is 5.41 Å². The zero-order valence-electron chi connectivity index (χ0n) is 8.64. The van der Waals surface area contributed by atoms with Crippen LogP contribution in [0.3, 0.4) is 0 Å². The van der Waals surface area contributed by atoms with E-state index in [1.54, 1.807) is 0 Å². The van der Waals surface area contributed by atoms with E-state index in [0.717, 1.165) is 25.9 Å². The molecule has 13 heavy (non-hydrogen) atoms. The molecule has 0 aliphatic rings. The summed E-state index contributed by atoms with van der Waals surface area (Å²) in [5.41, 5.74) is 0.00938. The summed E-state index contributed by atoms with van der Waals surface area (Å²) < 4.78 is 0. The third-order valence-corrected chi connectivity index (χ3v) is 2.75. The van der Waals surface area contributed by atoms with Crippen LogP contribution in [0, 0.1) is 16.7 Å². The van der Waals surface area contributed by atoms with Crippen LogP contribution in [0.1, 0.15) is 33.1 Å². The van der Waals surface area contributed by atoms with Gasteiger partial charge in [0.05, 0.1) is 6.07 Å². The highest BCUT2D eigenvalue weighted by Crippen LogP contribution is 2.24. The molecule has 0 radical (unpaired) electrons. The molecular formula is C10H20N2O. The van der Waals surface area contributed by atoms with Crippen LogP contribution in [0.2, 0.25) is 0 Å². The van der Waals surface area contributed by atoms with Gasteiger partial charge < -0.3 is 10.4 Å². The van der Waals surface area contributed by atoms with Gasteiger partial charge in [-0.2, -0.15) is 5.26 Å².